The second-order valence-corrected chi connectivity index (χ2v) is 1.34. The second kappa shape index (κ2) is 8.84. The standard InChI is InChI=1S/Cu.Ni.H3O4P.Ti/c;;1-5(2,3)4;/h;;(H3,1,2,3,4);/q2*+2;;+4/p-3. The van der Waals surface area contributed by atoms with Crippen LogP contribution in [0.4, 0.5) is 0 Å². The Morgan fingerprint density at radius 1 is 1.12 bits per heavy atom. The summed E-state index contributed by atoms with van der Waals surface area (Å²) in [5.41, 5.74) is 0. The van der Waals surface area contributed by atoms with Gasteiger partial charge in [-0.1, -0.05) is 0 Å². The summed E-state index contributed by atoms with van der Waals surface area (Å²) in [4.78, 5) is 25.6. The van der Waals surface area contributed by atoms with Gasteiger partial charge in [-0.25, -0.2) is 0 Å². The van der Waals surface area contributed by atoms with Crippen molar-refractivity contribution >= 4 is 7.82 Å². The van der Waals surface area contributed by atoms with E-state index in [1.165, 1.54) is 0 Å². The van der Waals surface area contributed by atoms with E-state index in [0.717, 1.165) is 0 Å². The van der Waals surface area contributed by atoms with Crippen molar-refractivity contribution in [2.45, 2.75) is 0 Å². The van der Waals surface area contributed by atoms with Crippen molar-refractivity contribution in [2.75, 3.05) is 0 Å². The topological polar surface area (TPSA) is 86.2 Å². The van der Waals surface area contributed by atoms with Gasteiger partial charge in [0.15, 0.2) is 0 Å². The zero-order chi connectivity index (χ0) is 4.50. The Morgan fingerprint density at radius 3 is 1.12 bits per heavy atom. The molecule has 0 heterocycles. The molecule has 0 aromatic rings. The van der Waals surface area contributed by atoms with Crippen LogP contribution in [0, 0.1) is 0 Å². The summed E-state index contributed by atoms with van der Waals surface area (Å²) in [5, 5.41) is 0. The van der Waals surface area contributed by atoms with Crippen LogP contribution < -0.4 is 14.7 Å². The molecule has 0 bridgehead atoms. The molecule has 4 nitrogen and oxygen atoms in total. The minimum Gasteiger partial charge on any atom is -0.822 e. The summed E-state index contributed by atoms with van der Waals surface area (Å²) >= 11 is 0. The minimum absolute atomic E-state index is 0. The molecular formula is CuNiO4PTi+5. The SMILES string of the molecule is O=P([O-])([O-])[O-].[Cu+2].[Ni+2].[Ti+4]. The third-order valence-electron chi connectivity index (χ3n) is 0. The van der Waals surface area contributed by atoms with Crippen LogP contribution in [0.15, 0.2) is 0 Å². The van der Waals surface area contributed by atoms with Crippen LogP contribution in [0.2, 0.25) is 0 Å². The monoisotopic (exact) mass is 264 g/mol. The second-order valence-electron chi connectivity index (χ2n) is 0.447. The van der Waals surface area contributed by atoms with Gasteiger partial charge in [0.2, 0.25) is 0 Å². The molecule has 0 aliphatic carbocycles. The third-order valence-corrected chi connectivity index (χ3v) is 0. The maximum atomic E-state index is 8.55. The zero-order valence-corrected chi connectivity index (χ0v) is 7.58. The van der Waals surface area contributed by atoms with Gasteiger partial charge in [-0.2, -0.15) is 7.82 Å². The Morgan fingerprint density at radius 2 is 1.12 bits per heavy atom. The van der Waals surface area contributed by atoms with Crippen LogP contribution in [0.5, 0.6) is 0 Å². The average Bonchev–Trinajstić information content (AvgIpc) is 0.722. The van der Waals surface area contributed by atoms with E-state index in [-0.39, 0.29) is 55.3 Å². The van der Waals surface area contributed by atoms with Gasteiger partial charge in [-0.05, 0) is 0 Å². The normalized spacial score (nSPS) is 7.38. The van der Waals surface area contributed by atoms with E-state index in [1.54, 1.807) is 0 Å². The molecule has 0 saturated carbocycles. The van der Waals surface area contributed by atoms with Crippen molar-refractivity contribution in [1.29, 1.82) is 0 Å². The molecule has 0 fully saturated rings. The number of phosphoric acid groups is 1. The van der Waals surface area contributed by atoms with Crippen LogP contribution in [0.1, 0.15) is 0 Å². The van der Waals surface area contributed by atoms with Gasteiger partial charge in [0.25, 0.3) is 0 Å². The first-order valence-corrected chi connectivity index (χ1v) is 2.19. The van der Waals surface area contributed by atoms with Crippen LogP contribution in [-0.4, -0.2) is 0 Å². The maximum absolute atomic E-state index is 8.55. The molecule has 0 aliphatic heterocycles. The minimum atomic E-state index is -5.39. The maximum Gasteiger partial charge on any atom is 4.00 e. The van der Waals surface area contributed by atoms with Crippen LogP contribution >= 0.6 is 7.82 Å². The molecule has 8 heteroatoms. The number of hydrogen-bond donors (Lipinski definition) is 0. The fourth-order valence-electron chi connectivity index (χ4n) is 0. The molecule has 1 radical (unpaired) electrons. The largest absolute Gasteiger partial charge is 4.00 e. The summed E-state index contributed by atoms with van der Waals surface area (Å²) in [5.74, 6) is 0. The smallest absolute Gasteiger partial charge is 0.822 e. The van der Waals surface area contributed by atoms with E-state index < -0.39 is 7.82 Å². The summed E-state index contributed by atoms with van der Waals surface area (Å²) < 4.78 is 8.55. The Hall–Kier alpha value is 1.84. The Balaban J connectivity index is -0.0000000267. The fraction of sp³-hybridized carbons (Fsp3) is 0. The molecule has 49 valence electrons. The summed E-state index contributed by atoms with van der Waals surface area (Å²) in [6, 6.07) is 0. The molecule has 0 spiro atoms. The first-order valence-electron chi connectivity index (χ1n) is 0.730. The predicted molar refractivity (Wildman–Crippen MR) is 7.61 cm³/mol. The molecule has 0 rings (SSSR count). The van der Waals surface area contributed by atoms with Gasteiger partial charge in [-0.15, -0.1) is 0 Å². The van der Waals surface area contributed by atoms with E-state index in [4.69, 9.17) is 19.2 Å². The van der Waals surface area contributed by atoms with Crippen molar-refractivity contribution < 1.29 is 74.5 Å². The molecule has 0 N–H and O–H groups in total. The van der Waals surface area contributed by atoms with E-state index in [1.807, 2.05) is 0 Å². The van der Waals surface area contributed by atoms with Gasteiger partial charge in [-0.3, -0.25) is 0 Å². The summed E-state index contributed by atoms with van der Waals surface area (Å²) in [7, 11) is -5.39. The van der Waals surface area contributed by atoms with Crippen molar-refractivity contribution in [1.82, 2.24) is 0 Å². The zero-order valence-electron chi connectivity index (χ0n) is 3.20. The van der Waals surface area contributed by atoms with Gasteiger partial charge in [0.05, 0.1) is 0 Å². The van der Waals surface area contributed by atoms with E-state index in [9.17, 15) is 0 Å². The first kappa shape index (κ1) is 22.5. The Kier molecular flexibility index (Phi) is 24.9. The van der Waals surface area contributed by atoms with Crippen LogP contribution in [-0.2, 0) is 59.8 Å². The van der Waals surface area contributed by atoms with Gasteiger partial charge in [0.1, 0.15) is 0 Å². The van der Waals surface area contributed by atoms with Crippen LogP contribution in [0.3, 0.4) is 0 Å². The average molecular weight is 265 g/mol. The van der Waals surface area contributed by atoms with Crippen molar-refractivity contribution in [3.05, 3.63) is 0 Å². The number of rotatable bonds is 0. The van der Waals surface area contributed by atoms with E-state index in [2.05, 4.69) is 0 Å². The fourth-order valence-corrected chi connectivity index (χ4v) is 0. The first-order chi connectivity index (χ1) is 2.00. The summed E-state index contributed by atoms with van der Waals surface area (Å²) in [6.45, 7) is 0. The van der Waals surface area contributed by atoms with Crippen LogP contribution in [0.25, 0.3) is 0 Å². The van der Waals surface area contributed by atoms with Crippen molar-refractivity contribution in [3.63, 3.8) is 0 Å². The van der Waals surface area contributed by atoms with Gasteiger partial charge >= 0.3 is 55.3 Å². The Labute approximate surface area is 82.0 Å². The molecule has 0 aromatic heterocycles. The predicted octanol–water partition coefficient (Wildman–Crippen LogP) is -2.83. The van der Waals surface area contributed by atoms with E-state index in [0.29, 0.717) is 0 Å². The molecule has 0 aliphatic rings. The molecular weight excluding hydrogens is 265 g/mol. The molecule has 0 amide bonds. The molecule has 0 unspecified atom stereocenters. The van der Waals surface area contributed by atoms with Crippen molar-refractivity contribution in [2.24, 2.45) is 0 Å². The quantitative estimate of drug-likeness (QED) is 0.349. The van der Waals surface area contributed by atoms with Crippen molar-refractivity contribution in [3.8, 4) is 0 Å². The van der Waals surface area contributed by atoms with Gasteiger partial charge < -0.3 is 19.2 Å². The van der Waals surface area contributed by atoms with Gasteiger partial charge in [0, 0.05) is 0 Å². The molecule has 0 aromatic carbocycles. The van der Waals surface area contributed by atoms with E-state index >= 15 is 0 Å². The molecule has 0 atom stereocenters. The summed E-state index contributed by atoms with van der Waals surface area (Å²) in [6.07, 6.45) is 0. The number of hydrogen-bond acceptors (Lipinski definition) is 4. The molecule has 8 heavy (non-hydrogen) atoms. The molecule has 0 saturated heterocycles. The third kappa shape index (κ3) is 109. The Bertz CT molecular complexity index is 62.2.